The van der Waals surface area contributed by atoms with Crippen molar-refractivity contribution in [2.45, 2.75) is 44.2 Å². The molecule has 0 bridgehead atoms. The summed E-state index contributed by atoms with van der Waals surface area (Å²) in [5.74, 6) is -0.142. The van der Waals surface area contributed by atoms with E-state index in [9.17, 15) is 15.0 Å². The number of hydrogen-bond acceptors (Lipinski definition) is 8. The molecule has 9 nitrogen and oxygen atoms in total. The third-order valence-electron chi connectivity index (χ3n) is 3.00. The number of nitrogens with zero attached hydrogens (tertiary/aromatic N) is 3. The molecule has 1 aliphatic rings. The first kappa shape index (κ1) is 16.0. The summed E-state index contributed by atoms with van der Waals surface area (Å²) >= 11 is 0. The summed E-state index contributed by atoms with van der Waals surface area (Å²) in [6.07, 6.45) is -2.37. The van der Waals surface area contributed by atoms with Crippen LogP contribution in [0.4, 0.5) is 5.95 Å². The van der Waals surface area contributed by atoms with Crippen molar-refractivity contribution < 1.29 is 19.4 Å². The van der Waals surface area contributed by atoms with Gasteiger partial charge in [-0.3, -0.25) is 4.57 Å². The zero-order valence-electron chi connectivity index (χ0n) is 12.1. The molecule has 0 unspecified atom stereocenters. The van der Waals surface area contributed by atoms with Crippen LogP contribution < -0.4 is 11.4 Å². The molecular weight excluding hydrogens is 296 g/mol. The van der Waals surface area contributed by atoms with Crippen LogP contribution in [0.1, 0.15) is 6.23 Å². The summed E-state index contributed by atoms with van der Waals surface area (Å²) in [5.41, 5.74) is 4.70. The molecule has 118 valence electrons. The Bertz CT molecular complexity index is 560. The molecule has 1 fully saturated rings. The van der Waals surface area contributed by atoms with Crippen LogP contribution in [-0.4, -0.2) is 58.0 Å². The first-order valence-corrected chi connectivity index (χ1v) is 9.96. The van der Waals surface area contributed by atoms with E-state index in [1.807, 2.05) is 19.6 Å². The van der Waals surface area contributed by atoms with Crippen molar-refractivity contribution in [3.8, 4) is 0 Å². The average molecular weight is 316 g/mol. The van der Waals surface area contributed by atoms with Gasteiger partial charge in [0.25, 0.3) is 0 Å². The highest BCUT2D eigenvalue weighted by atomic mass is 28.4. The Morgan fingerprint density at radius 3 is 2.71 bits per heavy atom. The normalized spacial score (nSPS) is 29.8. The lowest BCUT2D eigenvalue weighted by Gasteiger charge is -2.28. The fourth-order valence-electron chi connectivity index (χ4n) is 2.16. The number of nitrogen functional groups attached to an aromatic ring is 1. The molecule has 1 saturated heterocycles. The van der Waals surface area contributed by atoms with Gasteiger partial charge in [-0.05, 0) is 19.6 Å². The van der Waals surface area contributed by atoms with Crippen molar-refractivity contribution >= 4 is 14.3 Å². The predicted octanol–water partition coefficient (Wildman–Crippen LogP) is -1.31. The second-order valence-electron chi connectivity index (χ2n) is 5.84. The second-order valence-corrected chi connectivity index (χ2v) is 10.3. The highest BCUT2D eigenvalue weighted by molar-refractivity contribution is 6.69. The van der Waals surface area contributed by atoms with E-state index in [4.69, 9.17) is 14.9 Å². The van der Waals surface area contributed by atoms with Gasteiger partial charge in [0.2, 0.25) is 5.95 Å². The Labute approximate surface area is 122 Å². The topological polar surface area (TPSA) is 133 Å². The number of nitrogens with two attached hydrogens (primary N) is 1. The molecule has 0 aliphatic carbocycles. The molecule has 10 heteroatoms. The smallest absolute Gasteiger partial charge is 0.354 e. The van der Waals surface area contributed by atoms with Crippen molar-refractivity contribution in [2.24, 2.45) is 0 Å². The lowest BCUT2D eigenvalue weighted by atomic mass is 10.1. The quantitative estimate of drug-likeness (QED) is 0.583. The summed E-state index contributed by atoms with van der Waals surface area (Å²) < 4.78 is 12.5. The molecule has 21 heavy (non-hydrogen) atoms. The summed E-state index contributed by atoms with van der Waals surface area (Å²) in [4.78, 5) is 19.2. The van der Waals surface area contributed by atoms with Gasteiger partial charge in [0.1, 0.15) is 24.6 Å². The van der Waals surface area contributed by atoms with Gasteiger partial charge >= 0.3 is 5.69 Å². The van der Waals surface area contributed by atoms with Gasteiger partial charge in [0, 0.05) is 0 Å². The molecule has 0 aromatic carbocycles. The minimum absolute atomic E-state index is 0.142. The molecule has 2 rings (SSSR count). The zero-order valence-corrected chi connectivity index (χ0v) is 13.1. The molecule has 0 radical (unpaired) electrons. The molecule has 0 amide bonds. The van der Waals surface area contributed by atoms with E-state index < -0.39 is 38.5 Å². The van der Waals surface area contributed by atoms with Crippen molar-refractivity contribution in [3.05, 3.63) is 16.8 Å². The van der Waals surface area contributed by atoms with E-state index in [1.165, 1.54) is 6.33 Å². The minimum atomic E-state index is -2.01. The molecule has 4 N–H and O–H groups in total. The van der Waals surface area contributed by atoms with Crippen molar-refractivity contribution in [2.75, 3.05) is 12.3 Å². The molecule has 1 aromatic heterocycles. The van der Waals surface area contributed by atoms with Crippen LogP contribution in [0.15, 0.2) is 11.1 Å². The Morgan fingerprint density at radius 1 is 1.52 bits per heavy atom. The van der Waals surface area contributed by atoms with Gasteiger partial charge in [0.05, 0.1) is 6.61 Å². The standard InChI is InChI=1S/C11H20N4O5Si/c1-21(2,3)20-8-7(17)6(4-16)19-9(8)15-5-13-10(12)14-11(15)18/h5-9,16-17H,4H2,1-3H3,(H2,12,14,18)/t6-,7-,8-,9-/m1/s1. The van der Waals surface area contributed by atoms with E-state index in [0.29, 0.717) is 0 Å². The summed E-state index contributed by atoms with van der Waals surface area (Å²) in [5, 5.41) is 19.5. The number of anilines is 1. The fraction of sp³-hybridized carbons (Fsp3) is 0.727. The van der Waals surface area contributed by atoms with E-state index in [-0.39, 0.29) is 12.6 Å². The van der Waals surface area contributed by atoms with Crippen molar-refractivity contribution in [3.63, 3.8) is 0 Å². The summed E-state index contributed by atoms with van der Waals surface area (Å²) in [6, 6.07) is 0. The molecule has 0 spiro atoms. The number of ether oxygens (including phenoxy) is 1. The Balaban J connectivity index is 2.36. The number of aliphatic hydroxyl groups is 2. The molecule has 1 aliphatic heterocycles. The first-order valence-electron chi connectivity index (χ1n) is 6.56. The summed E-state index contributed by atoms with van der Waals surface area (Å²) in [7, 11) is -2.01. The van der Waals surface area contributed by atoms with Gasteiger partial charge in [-0.25, -0.2) is 9.78 Å². The largest absolute Gasteiger partial charge is 0.407 e. The fourth-order valence-corrected chi connectivity index (χ4v) is 3.23. The lowest BCUT2D eigenvalue weighted by Crippen LogP contribution is -2.44. The Hall–Kier alpha value is -1.33. The Morgan fingerprint density at radius 2 is 2.19 bits per heavy atom. The Kier molecular flexibility index (Phi) is 4.44. The maximum atomic E-state index is 11.9. The van der Waals surface area contributed by atoms with E-state index in [1.54, 1.807) is 0 Å². The third kappa shape index (κ3) is 3.47. The molecule has 1 aromatic rings. The van der Waals surface area contributed by atoms with E-state index >= 15 is 0 Å². The minimum Gasteiger partial charge on any atom is -0.407 e. The van der Waals surface area contributed by atoms with Crippen LogP contribution in [0.3, 0.4) is 0 Å². The molecular formula is C11H20N4O5Si. The predicted molar refractivity (Wildman–Crippen MR) is 75.9 cm³/mol. The van der Waals surface area contributed by atoms with Crippen LogP contribution in [0.5, 0.6) is 0 Å². The maximum absolute atomic E-state index is 11.9. The average Bonchev–Trinajstić information content (AvgIpc) is 2.65. The SMILES string of the molecule is C[Si](C)(C)O[C@@H]1[C@H](O)[C@@H](CO)O[C@H]1n1cnc(N)nc1=O. The lowest BCUT2D eigenvalue weighted by molar-refractivity contribution is -0.0534. The number of hydrogen-bond donors (Lipinski definition) is 3. The summed E-state index contributed by atoms with van der Waals surface area (Å²) in [6.45, 7) is 5.47. The monoisotopic (exact) mass is 316 g/mol. The zero-order chi connectivity index (χ0) is 15.8. The maximum Gasteiger partial charge on any atom is 0.354 e. The van der Waals surface area contributed by atoms with Crippen LogP contribution in [0, 0.1) is 0 Å². The van der Waals surface area contributed by atoms with Crippen LogP contribution >= 0.6 is 0 Å². The number of aliphatic hydroxyl groups excluding tert-OH is 2. The van der Waals surface area contributed by atoms with Crippen LogP contribution in [-0.2, 0) is 9.16 Å². The second kappa shape index (κ2) is 5.81. The molecule has 4 atom stereocenters. The number of aromatic nitrogens is 3. The highest BCUT2D eigenvalue weighted by Crippen LogP contribution is 2.32. The number of rotatable bonds is 4. The first-order chi connectivity index (χ1) is 9.73. The van der Waals surface area contributed by atoms with Crippen LogP contribution in [0.25, 0.3) is 0 Å². The highest BCUT2D eigenvalue weighted by Gasteiger charge is 2.47. The van der Waals surface area contributed by atoms with Crippen LogP contribution in [0.2, 0.25) is 19.6 Å². The molecule has 0 saturated carbocycles. The van der Waals surface area contributed by atoms with Gasteiger partial charge in [-0.15, -0.1) is 0 Å². The van der Waals surface area contributed by atoms with Gasteiger partial charge in [-0.2, -0.15) is 4.98 Å². The van der Waals surface area contributed by atoms with Crippen molar-refractivity contribution in [1.82, 2.24) is 14.5 Å². The van der Waals surface area contributed by atoms with E-state index in [0.717, 1.165) is 4.57 Å². The molecule has 2 heterocycles. The van der Waals surface area contributed by atoms with Gasteiger partial charge in [0.15, 0.2) is 14.5 Å². The third-order valence-corrected chi connectivity index (χ3v) is 3.98. The van der Waals surface area contributed by atoms with Crippen molar-refractivity contribution in [1.29, 1.82) is 0 Å². The van der Waals surface area contributed by atoms with E-state index in [2.05, 4.69) is 9.97 Å². The van der Waals surface area contributed by atoms with Gasteiger partial charge < -0.3 is 25.1 Å². The van der Waals surface area contributed by atoms with Gasteiger partial charge in [-0.1, -0.05) is 0 Å².